The number of imidazole rings is 1. The van der Waals surface area contributed by atoms with Gasteiger partial charge >= 0.3 is 5.69 Å². The first kappa shape index (κ1) is 23.0. The molecular formula is C24H24ClN5O5. The van der Waals surface area contributed by atoms with Crippen molar-refractivity contribution in [2.24, 2.45) is 14.1 Å². The van der Waals surface area contributed by atoms with E-state index in [0.29, 0.717) is 30.2 Å². The minimum atomic E-state index is -0.560. The molecule has 182 valence electrons. The van der Waals surface area contributed by atoms with E-state index in [0.717, 1.165) is 16.0 Å². The Bertz CT molecular complexity index is 1610. The van der Waals surface area contributed by atoms with Gasteiger partial charge in [0, 0.05) is 31.0 Å². The van der Waals surface area contributed by atoms with Crippen LogP contribution in [0.15, 0.2) is 39.9 Å². The number of halogens is 1. The van der Waals surface area contributed by atoms with Gasteiger partial charge in [-0.25, -0.2) is 4.79 Å². The molecule has 1 aromatic carbocycles. The van der Waals surface area contributed by atoms with Crippen LogP contribution in [0.5, 0.6) is 11.5 Å². The van der Waals surface area contributed by atoms with Crippen molar-refractivity contribution in [3.8, 4) is 11.5 Å². The zero-order chi connectivity index (χ0) is 25.0. The van der Waals surface area contributed by atoms with E-state index in [1.165, 1.54) is 23.2 Å². The van der Waals surface area contributed by atoms with Crippen molar-refractivity contribution in [2.45, 2.75) is 33.0 Å². The van der Waals surface area contributed by atoms with Gasteiger partial charge in [-0.3, -0.25) is 18.7 Å². The van der Waals surface area contributed by atoms with Gasteiger partial charge in [-0.2, -0.15) is 4.98 Å². The largest absolute Gasteiger partial charge is 0.486 e. The zero-order valence-corrected chi connectivity index (χ0v) is 20.5. The molecule has 5 rings (SSSR count). The van der Waals surface area contributed by atoms with Gasteiger partial charge in [0.2, 0.25) is 5.28 Å². The average molecular weight is 498 g/mol. The summed E-state index contributed by atoms with van der Waals surface area (Å²) in [6, 6.07) is 9.33. The number of benzene rings is 1. The number of carbonyl (C=O) groups is 1. The number of para-hydroxylation sites is 2. The summed E-state index contributed by atoms with van der Waals surface area (Å²) in [5, 5.41) is -0.0353. The molecule has 10 nitrogen and oxygen atoms in total. The van der Waals surface area contributed by atoms with Crippen molar-refractivity contribution < 1.29 is 14.3 Å². The molecule has 0 spiro atoms. The van der Waals surface area contributed by atoms with Gasteiger partial charge in [-0.1, -0.05) is 12.1 Å². The minimum Gasteiger partial charge on any atom is -0.486 e. The number of hydrogen-bond acceptors (Lipinski definition) is 6. The van der Waals surface area contributed by atoms with Crippen LogP contribution in [-0.2, 0) is 27.2 Å². The number of carbonyl (C=O) groups excluding carboxylic acids is 1. The van der Waals surface area contributed by atoms with Crippen LogP contribution in [0.25, 0.3) is 11.2 Å². The lowest BCUT2D eigenvalue weighted by Gasteiger charge is -2.27. The van der Waals surface area contributed by atoms with Gasteiger partial charge in [-0.15, -0.1) is 0 Å². The van der Waals surface area contributed by atoms with Gasteiger partial charge < -0.3 is 18.6 Å². The molecular weight excluding hydrogens is 474 g/mol. The van der Waals surface area contributed by atoms with Crippen molar-refractivity contribution in [3.63, 3.8) is 0 Å². The Kier molecular flexibility index (Phi) is 5.55. The Morgan fingerprint density at radius 2 is 1.83 bits per heavy atom. The molecule has 0 N–H and O–H groups in total. The predicted molar refractivity (Wildman–Crippen MR) is 130 cm³/mol. The third-order valence-corrected chi connectivity index (χ3v) is 6.72. The molecule has 1 aliphatic heterocycles. The first-order chi connectivity index (χ1) is 16.7. The molecule has 4 aromatic rings. The lowest BCUT2D eigenvalue weighted by Crippen LogP contribution is -2.37. The Balaban J connectivity index is 1.44. The van der Waals surface area contributed by atoms with Gasteiger partial charge in [0.1, 0.15) is 6.61 Å². The summed E-state index contributed by atoms with van der Waals surface area (Å²) in [4.78, 5) is 42.5. The maximum absolute atomic E-state index is 13.3. The molecule has 0 saturated carbocycles. The van der Waals surface area contributed by atoms with E-state index in [1.807, 2.05) is 48.7 Å². The van der Waals surface area contributed by atoms with Crippen LogP contribution in [0.1, 0.15) is 21.7 Å². The van der Waals surface area contributed by atoms with E-state index in [2.05, 4.69) is 4.98 Å². The number of aryl methyl sites for hydroxylation is 2. The quantitative estimate of drug-likeness (QED) is 0.309. The summed E-state index contributed by atoms with van der Waals surface area (Å²) < 4.78 is 17.5. The topological polar surface area (TPSA) is 102 Å². The number of nitrogens with zero attached hydrogens (tertiary/aromatic N) is 5. The van der Waals surface area contributed by atoms with Crippen LogP contribution in [0.4, 0.5) is 0 Å². The molecule has 35 heavy (non-hydrogen) atoms. The van der Waals surface area contributed by atoms with E-state index < -0.39 is 11.2 Å². The van der Waals surface area contributed by atoms with E-state index in [4.69, 9.17) is 21.1 Å². The Morgan fingerprint density at radius 1 is 1.11 bits per heavy atom. The second-order valence-corrected chi connectivity index (χ2v) is 9.00. The Hall–Kier alpha value is -3.79. The van der Waals surface area contributed by atoms with Crippen LogP contribution in [0.3, 0.4) is 0 Å². The number of hydrogen-bond donors (Lipinski definition) is 0. The zero-order valence-electron chi connectivity index (χ0n) is 19.7. The highest BCUT2D eigenvalue weighted by Crippen LogP contribution is 2.31. The molecule has 0 saturated heterocycles. The highest BCUT2D eigenvalue weighted by atomic mass is 35.5. The summed E-state index contributed by atoms with van der Waals surface area (Å²) in [6.07, 6.45) is -0.214. The molecule has 1 aliphatic rings. The third kappa shape index (κ3) is 3.74. The van der Waals surface area contributed by atoms with Crippen LogP contribution in [-0.4, -0.2) is 41.7 Å². The lowest BCUT2D eigenvalue weighted by molar-refractivity contribution is 0.0777. The molecule has 0 amide bonds. The summed E-state index contributed by atoms with van der Waals surface area (Å²) in [6.45, 7) is 4.51. The molecule has 0 radical (unpaired) electrons. The Labute approximate surface area is 204 Å². The molecule has 3 aromatic heterocycles. The Morgan fingerprint density at radius 3 is 2.57 bits per heavy atom. The SMILES string of the molecule is Cc1cc(C(=O)Cn2c(Cl)nc3c2c(=O)n(C)c(=O)n3C)c(C)n1C[C@H]1COc2ccccc2O1. The standard InChI is InChI=1S/C24H24ClN5O5/c1-13-9-16(14(2)29(13)10-15-12-34-18-7-5-6-8-19(18)35-15)17(31)11-30-20-21(26-23(30)25)27(3)24(33)28(4)22(20)32/h5-9,15H,10-12H2,1-4H3/t15-/m0/s1. The summed E-state index contributed by atoms with van der Waals surface area (Å²) in [5.41, 5.74) is 1.35. The molecule has 0 unspecified atom stereocenters. The predicted octanol–water partition coefficient (Wildman–Crippen LogP) is 2.23. The van der Waals surface area contributed by atoms with Gasteiger partial charge in [0.05, 0.1) is 13.1 Å². The fourth-order valence-electron chi connectivity index (χ4n) is 4.51. The molecule has 0 fully saturated rings. The second kappa shape index (κ2) is 8.46. The first-order valence-electron chi connectivity index (χ1n) is 11.1. The molecule has 1 atom stereocenters. The molecule has 0 bridgehead atoms. The number of fused-ring (bicyclic) bond motifs is 2. The van der Waals surface area contributed by atoms with E-state index in [9.17, 15) is 14.4 Å². The van der Waals surface area contributed by atoms with Crippen LogP contribution in [0, 0.1) is 13.8 Å². The van der Waals surface area contributed by atoms with E-state index in [-0.39, 0.29) is 34.9 Å². The fourth-order valence-corrected chi connectivity index (χ4v) is 4.74. The smallest absolute Gasteiger partial charge is 0.332 e. The first-order valence-corrected chi connectivity index (χ1v) is 11.4. The minimum absolute atomic E-state index is 0.0353. The number of rotatable bonds is 5. The van der Waals surface area contributed by atoms with E-state index in [1.54, 1.807) is 0 Å². The molecule has 11 heteroatoms. The fraction of sp³-hybridized carbons (Fsp3) is 0.333. The molecule has 0 aliphatic carbocycles. The number of ether oxygens (including phenoxy) is 2. The normalized spacial score (nSPS) is 15.1. The summed E-state index contributed by atoms with van der Waals surface area (Å²) in [7, 11) is 2.88. The average Bonchev–Trinajstić information content (AvgIpc) is 3.32. The molecule has 4 heterocycles. The van der Waals surface area contributed by atoms with Crippen molar-refractivity contribution in [1.82, 2.24) is 23.3 Å². The van der Waals surface area contributed by atoms with Crippen LogP contribution in [0.2, 0.25) is 5.28 Å². The monoisotopic (exact) mass is 497 g/mol. The van der Waals surface area contributed by atoms with Crippen molar-refractivity contribution >= 4 is 28.5 Å². The second-order valence-electron chi connectivity index (χ2n) is 8.66. The number of aromatic nitrogens is 5. The van der Waals surface area contributed by atoms with Gasteiger partial charge in [0.15, 0.2) is 34.6 Å². The maximum Gasteiger partial charge on any atom is 0.332 e. The maximum atomic E-state index is 13.3. The number of Topliss-reactive ketones (excluding diaryl/α,β-unsaturated/α-hetero) is 1. The lowest BCUT2D eigenvalue weighted by atomic mass is 10.1. The van der Waals surface area contributed by atoms with Crippen molar-refractivity contribution in [2.75, 3.05) is 6.61 Å². The van der Waals surface area contributed by atoms with Crippen molar-refractivity contribution in [3.05, 3.63) is 73.4 Å². The summed E-state index contributed by atoms with van der Waals surface area (Å²) >= 11 is 6.29. The summed E-state index contributed by atoms with van der Waals surface area (Å²) in [5.74, 6) is 1.18. The number of ketones is 1. The third-order valence-electron chi connectivity index (χ3n) is 6.43. The van der Waals surface area contributed by atoms with E-state index >= 15 is 0 Å². The highest BCUT2D eigenvalue weighted by molar-refractivity contribution is 6.29. The van der Waals surface area contributed by atoms with Gasteiger partial charge in [-0.05, 0) is 43.6 Å². The van der Waals surface area contributed by atoms with Gasteiger partial charge in [0.25, 0.3) is 5.56 Å². The van der Waals surface area contributed by atoms with Crippen LogP contribution < -0.4 is 20.7 Å². The van der Waals surface area contributed by atoms with Crippen LogP contribution >= 0.6 is 11.6 Å². The highest BCUT2D eigenvalue weighted by Gasteiger charge is 2.25. The van der Waals surface area contributed by atoms with Crippen molar-refractivity contribution in [1.29, 1.82) is 0 Å².